The Labute approximate surface area is 94.9 Å². The van der Waals surface area contributed by atoms with E-state index in [9.17, 15) is 4.79 Å². The van der Waals surface area contributed by atoms with Crippen molar-refractivity contribution in [2.75, 3.05) is 11.4 Å². The Morgan fingerprint density at radius 3 is 2.44 bits per heavy atom. The molecular weight excluding hydrogens is 204 g/mol. The van der Waals surface area contributed by atoms with Crippen molar-refractivity contribution in [1.82, 2.24) is 4.98 Å². The van der Waals surface area contributed by atoms with Gasteiger partial charge in [0.15, 0.2) is 0 Å². The molecule has 4 heteroatoms. The number of pyridine rings is 1. The molecular formula is C12H16N2O2. The maximum absolute atomic E-state index is 10.9. The van der Waals surface area contributed by atoms with E-state index in [2.05, 4.69) is 4.98 Å². The second kappa shape index (κ2) is 4.12. The molecule has 0 aromatic carbocycles. The topological polar surface area (TPSA) is 53.4 Å². The lowest BCUT2D eigenvalue weighted by atomic mass is 10.1. The van der Waals surface area contributed by atoms with Crippen LogP contribution in [-0.2, 0) is 4.79 Å². The second-order valence-electron chi connectivity index (χ2n) is 4.37. The molecule has 1 aromatic rings. The average molecular weight is 220 g/mol. The molecule has 1 saturated carbocycles. The number of carboxylic acids is 1. The summed E-state index contributed by atoms with van der Waals surface area (Å²) in [6, 6.07) is 0.399. The summed E-state index contributed by atoms with van der Waals surface area (Å²) in [7, 11) is 0. The zero-order valence-electron chi connectivity index (χ0n) is 9.60. The quantitative estimate of drug-likeness (QED) is 0.840. The Balaban J connectivity index is 2.34. The van der Waals surface area contributed by atoms with Gasteiger partial charge >= 0.3 is 5.97 Å². The monoisotopic (exact) mass is 220 g/mol. The fraction of sp³-hybridized carbons (Fsp3) is 0.500. The van der Waals surface area contributed by atoms with Gasteiger partial charge < -0.3 is 10.0 Å². The van der Waals surface area contributed by atoms with Crippen LogP contribution in [0.5, 0.6) is 0 Å². The maximum atomic E-state index is 10.9. The summed E-state index contributed by atoms with van der Waals surface area (Å²) >= 11 is 0. The van der Waals surface area contributed by atoms with E-state index in [0.717, 1.165) is 29.7 Å². The van der Waals surface area contributed by atoms with Crippen LogP contribution in [0.25, 0.3) is 0 Å². The summed E-state index contributed by atoms with van der Waals surface area (Å²) in [5, 5.41) is 8.95. The number of aryl methyl sites for hydroxylation is 2. The summed E-state index contributed by atoms with van der Waals surface area (Å²) in [5.41, 5.74) is 3.14. The number of carboxylic acid groups (broad SMARTS) is 1. The van der Waals surface area contributed by atoms with Gasteiger partial charge in [-0.2, -0.15) is 0 Å². The molecule has 0 unspecified atom stereocenters. The molecule has 0 saturated heterocycles. The van der Waals surface area contributed by atoms with E-state index in [4.69, 9.17) is 5.11 Å². The van der Waals surface area contributed by atoms with E-state index in [1.54, 1.807) is 12.4 Å². The number of carbonyl (C=O) groups is 1. The van der Waals surface area contributed by atoms with Gasteiger partial charge in [0.1, 0.15) is 6.54 Å². The minimum atomic E-state index is -0.775. The molecule has 1 aliphatic rings. The molecule has 0 amide bonds. The fourth-order valence-corrected chi connectivity index (χ4v) is 2.07. The van der Waals surface area contributed by atoms with Gasteiger partial charge in [-0.1, -0.05) is 0 Å². The molecule has 1 heterocycles. The third-order valence-electron chi connectivity index (χ3n) is 2.86. The smallest absolute Gasteiger partial charge is 0.323 e. The number of anilines is 1. The van der Waals surface area contributed by atoms with Gasteiger partial charge in [-0.05, 0) is 37.8 Å². The highest BCUT2D eigenvalue weighted by Crippen LogP contribution is 2.34. The van der Waals surface area contributed by atoms with Gasteiger partial charge in [0.25, 0.3) is 0 Å². The van der Waals surface area contributed by atoms with Crippen molar-refractivity contribution in [2.45, 2.75) is 32.7 Å². The molecule has 4 nitrogen and oxygen atoms in total. The maximum Gasteiger partial charge on any atom is 0.323 e. The number of aliphatic carboxylic acids is 1. The first kappa shape index (κ1) is 10.9. The van der Waals surface area contributed by atoms with Gasteiger partial charge in [-0.15, -0.1) is 0 Å². The van der Waals surface area contributed by atoms with Crippen molar-refractivity contribution < 1.29 is 9.90 Å². The zero-order chi connectivity index (χ0) is 11.7. The summed E-state index contributed by atoms with van der Waals surface area (Å²) in [6.45, 7) is 4.04. The van der Waals surface area contributed by atoms with Crippen molar-refractivity contribution in [1.29, 1.82) is 0 Å². The van der Waals surface area contributed by atoms with E-state index in [0.29, 0.717) is 6.04 Å². The largest absolute Gasteiger partial charge is 0.480 e. The molecule has 0 radical (unpaired) electrons. The summed E-state index contributed by atoms with van der Waals surface area (Å²) in [6.07, 6.45) is 5.77. The highest BCUT2D eigenvalue weighted by atomic mass is 16.4. The lowest BCUT2D eigenvalue weighted by Gasteiger charge is -2.26. The first-order valence-corrected chi connectivity index (χ1v) is 5.49. The van der Waals surface area contributed by atoms with Crippen LogP contribution in [0.1, 0.15) is 24.0 Å². The van der Waals surface area contributed by atoms with Gasteiger partial charge in [-0.3, -0.25) is 9.78 Å². The van der Waals surface area contributed by atoms with Crippen molar-refractivity contribution in [3.63, 3.8) is 0 Å². The predicted octanol–water partition coefficient (Wildman–Crippen LogP) is 1.75. The third-order valence-corrected chi connectivity index (χ3v) is 2.86. The normalized spacial score (nSPS) is 14.9. The molecule has 2 rings (SSSR count). The van der Waals surface area contributed by atoms with E-state index < -0.39 is 5.97 Å². The summed E-state index contributed by atoms with van der Waals surface area (Å²) in [4.78, 5) is 17.0. The molecule has 0 atom stereocenters. The number of rotatable bonds is 4. The predicted molar refractivity (Wildman–Crippen MR) is 61.7 cm³/mol. The lowest BCUT2D eigenvalue weighted by molar-refractivity contribution is -0.135. The van der Waals surface area contributed by atoms with Crippen LogP contribution in [0.2, 0.25) is 0 Å². The first-order valence-electron chi connectivity index (χ1n) is 5.49. The Morgan fingerprint density at radius 2 is 2.00 bits per heavy atom. The van der Waals surface area contributed by atoms with E-state index >= 15 is 0 Å². The second-order valence-corrected chi connectivity index (χ2v) is 4.37. The summed E-state index contributed by atoms with van der Waals surface area (Å²) < 4.78 is 0. The molecule has 86 valence electrons. The van der Waals surface area contributed by atoms with Crippen LogP contribution in [0.3, 0.4) is 0 Å². The molecule has 0 aliphatic heterocycles. The minimum absolute atomic E-state index is 0.0797. The van der Waals surface area contributed by atoms with Gasteiger partial charge in [0, 0.05) is 24.1 Å². The number of hydrogen-bond donors (Lipinski definition) is 1. The van der Waals surface area contributed by atoms with Crippen LogP contribution in [0.15, 0.2) is 12.4 Å². The van der Waals surface area contributed by atoms with E-state index in [-0.39, 0.29) is 6.54 Å². The van der Waals surface area contributed by atoms with Crippen LogP contribution in [-0.4, -0.2) is 28.6 Å². The standard InChI is InChI=1S/C12H16N2O2/c1-8-5-13-6-9(2)12(8)14(7-11(15)16)10-3-4-10/h5-6,10H,3-4,7H2,1-2H3,(H,15,16). The minimum Gasteiger partial charge on any atom is -0.480 e. The van der Waals surface area contributed by atoms with Crippen LogP contribution in [0.4, 0.5) is 5.69 Å². The molecule has 0 spiro atoms. The highest BCUT2D eigenvalue weighted by Gasteiger charge is 2.32. The zero-order valence-corrected chi connectivity index (χ0v) is 9.60. The molecule has 1 fully saturated rings. The fourth-order valence-electron chi connectivity index (χ4n) is 2.07. The summed E-state index contributed by atoms with van der Waals surface area (Å²) in [5.74, 6) is -0.775. The van der Waals surface area contributed by atoms with Gasteiger partial charge in [-0.25, -0.2) is 0 Å². The lowest BCUT2D eigenvalue weighted by Crippen LogP contribution is -2.32. The van der Waals surface area contributed by atoms with Crippen molar-refractivity contribution >= 4 is 11.7 Å². The van der Waals surface area contributed by atoms with Crippen molar-refractivity contribution in [2.24, 2.45) is 0 Å². The number of aromatic nitrogens is 1. The van der Waals surface area contributed by atoms with Gasteiger partial charge in [0.2, 0.25) is 0 Å². The Hall–Kier alpha value is -1.58. The van der Waals surface area contributed by atoms with Crippen molar-refractivity contribution in [3.05, 3.63) is 23.5 Å². The Kier molecular flexibility index (Phi) is 2.81. The first-order chi connectivity index (χ1) is 7.59. The highest BCUT2D eigenvalue weighted by molar-refractivity contribution is 5.75. The van der Waals surface area contributed by atoms with E-state index in [1.165, 1.54) is 0 Å². The molecule has 1 N–H and O–H groups in total. The van der Waals surface area contributed by atoms with Crippen molar-refractivity contribution in [3.8, 4) is 0 Å². The molecule has 0 bridgehead atoms. The number of hydrogen-bond acceptors (Lipinski definition) is 3. The van der Waals surface area contributed by atoms with Gasteiger partial charge in [0.05, 0.1) is 0 Å². The SMILES string of the molecule is Cc1cncc(C)c1N(CC(=O)O)C1CC1. The van der Waals surface area contributed by atoms with Crippen LogP contribution >= 0.6 is 0 Å². The average Bonchev–Trinajstić information content (AvgIpc) is 2.98. The molecule has 1 aromatic heterocycles. The van der Waals surface area contributed by atoms with Crippen LogP contribution in [0, 0.1) is 13.8 Å². The van der Waals surface area contributed by atoms with Crippen LogP contribution < -0.4 is 4.90 Å². The van der Waals surface area contributed by atoms with E-state index in [1.807, 2.05) is 18.7 Å². The molecule has 1 aliphatic carbocycles. The Bertz CT molecular complexity index is 393. The third kappa shape index (κ3) is 2.15. The number of nitrogens with zero attached hydrogens (tertiary/aromatic N) is 2. The Morgan fingerprint density at radius 1 is 1.44 bits per heavy atom. The molecule has 16 heavy (non-hydrogen) atoms.